The average molecular weight is 161 g/mol. The van der Waals surface area contributed by atoms with Gasteiger partial charge in [0, 0.05) is 5.41 Å². The van der Waals surface area contributed by atoms with E-state index in [0.717, 1.165) is 5.69 Å². The lowest BCUT2D eigenvalue weighted by atomic mass is 9.89. The first kappa shape index (κ1) is 8.66. The van der Waals surface area contributed by atoms with Gasteiger partial charge < -0.3 is 0 Å². The van der Waals surface area contributed by atoms with Crippen molar-refractivity contribution in [3.63, 3.8) is 0 Å². The summed E-state index contributed by atoms with van der Waals surface area (Å²) in [6.07, 6.45) is 1.54. The van der Waals surface area contributed by atoms with Crippen LogP contribution >= 0.6 is 0 Å². The number of hydrogen-bond acceptors (Lipinski definition) is 3. The molecule has 0 bridgehead atoms. The molecular formula is C9H11N3. The quantitative estimate of drug-likeness (QED) is 0.581. The Hall–Kier alpha value is -1.43. The van der Waals surface area contributed by atoms with Gasteiger partial charge in [-0.25, -0.2) is 0 Å². The van der Waals surface area contributed by atoms with Gasteiger partial charge in [-0.15, -0.1) is 0 Å². The fourth-order valence-corrected chi connectivity index (χ4v) is 0.976. The van der Waals surface area contributed by atoms with Crippen molar-refractivity contribution < 1.29 is 0 Å². The van der Waals surface area contributed by atoms with Gasteiger partial charge in [0.05, 0.1) is 17.5 Å². The van der Waals surface area contributed by atoms with Crippen LogP contribution in [0.4, 0.5) is 0 Å². The highest BCUT2D eigenvalue weighted by molar-refractivity contribution is 5.34. The molecule has 1 aromatic rings. The monoisotopic (exact) mass is 161 g/mol. The third-order valence-electron chi connectivity index (χ3n) is 1.55. The molecule has 12 heavy (non-hydrogen) atoms. The van der Waals surface area contributed by atoms with Crippen molar-refractivity contribution in [2.24, 2.45) is 0 Å². The lowest BCUT2D eigenvalue weighted by Crippen LogP contribution is -2.16. The van der Waals surface area contributed by atoms with Crippen LogP contribution in [0, 0.1) is 11.3 Å². The number of hydrogen-bond donors (Lipinski definition) is 0. The average Bonchev–Trinajstić information content (AvgIpc) is 2.03. The van der Waals surface area contributed by atoms with Crippen molar-refractivity contribution in [1.29, 1.82) is 5.26 Å². The van der Waals surface area contributed by atoms with Gasteiger partial charge >= 0.3 is 0 Å². The molecule has 0 saturated heterocycles. The highest BCUT2D eigenvalue weighted by Crippen LogP contribution is 2.21. The van der Waals surface area contributed by atoms with Crippen LogP contribution in [0.3, 0.4) is 0 Å². The second-order valence-corrected chi connectivity index (χ2v) is 3.66. The molecule has 0 unspecified atom stereocenters. The van der Waals surface area contributed by atoms with Crippen LogP contribution in [0.15, 0.2) is 12.3 Å². The third kappa shape index (κ3) is 1.59. The zero-order valence-corrected chi connectivity index (χ0v) is 7.50. The molecule has 0 aliphatic carbocycles. The van der Waals surface area contributed by atoms with E-state index in [1.165, 1.54) is 6.20 Å². The number of nitriles is 1. The van der Waals surface area contributed by atoms with Gasteiger partial charge in [-0.2, -0.15) is 15.5 Å². The molecule has 0 aliphatic rings. The molecule has 0 N–H and O–H groups in total. The Labute approximate surface area is 72.1 Å². The molecule has 0 spiro atoms. The zero-order valence-electron chi connectivity index (χ0n) is 7.50. The van der Waals surface area contributed by atoms with E-state index in [1.54, 1.807) is 6.07 Å². The maximum atomic E-state index is 8.76. The molecule has 3 nitrogen and oxygen atoms in total. The van der Waals surface area contributed by atoms with E-state index in [2.05, 4.69) is 16.3 Å². The Kier molecular flexibility index (Phi) is 2.09. The molecule has 62 valence electrons. The zero-order chi connectivity index (χ0) is 9.19. The Bertz CT molecular complexity index is 317. The molecule has 0 amide bonds. The predicted octanol–water partition coefficient (Wildman–Crippen LogP) is 1.65. The molecule has 0 aromatic carbocycles. The lowest BCUT2D eigenvalue weighted by Gasteiger charge is -2.17. The first-order valence-electron chi connectivity index (χ1n) is 3.78. The molecular weight excluding hydrogens is 150 g/mol. The van der Waals surface area contributed by atoms with Gasteiger partial charge in [0.25, 0.3) is 0 Å². The van der Waals surface area contributed by atoms with Crippen molar-refractivity contribution in [3.05, 3.63) is 23.5 Å². The molecule has 0 aliphatic heterocycles. The second kappa shape index (κ2) is 2.90. The summed E-state index contributed by atoms with van der Waals surface area (Å²) in [5.74, 6) is 0. The summed E-state index contributed by atoms with van der Waals surface area (Å²) in [4.78, 5) is 0. The first-order valence-corrected chi connectivity index (χ1v) is 3.78. The predicted molar refractivity (Wildman–Crippen MR) is 45.4 cm³/mol. The fourth-order valence-electron chi connectivity index (χ4n) is 0.976. The van der Waals surface area contributed by atoms with Crippen LogP contribution in [-0.2, 0) is 5.41 Å². The summed E-state index contributed by atoms with van der Waals surface area (Å²) in [6.45, 7) is 6.04. The minimum Gasteiger partial charge on any atom is -0.192 e. The molecule has 1 rings (SSSR count). The molecule has 0 saturated carbocycles. The van der Waals surface area contributed by atoms with Crippen molar-refractivity contribution in [3.8, 4) is 6.07 Å². The van der Waals surface area contributed by atoms with Gasteiger partial charge in [-0.3, -0.25) is 0 Å². The van der Waals surface area contributed by atoms with Crippen molar-refractivity contribution in [2.75, 3.05) is 0 Å². The third-order valence-corrected chi connectivity index (χ3v) is 1.55. The maximum absolute atomic E-state index is 8.76. The van der Waals surface area contributed by atoms with E-state index < -0.39 is 0 Å². The summed E-state index contributed by atoms with van der Waals surface area (Å²) < 4.78 is 0. The van der Waals surface area contributed by atoms with Crippen LogP contribution < -0.4 is 0 Å². The van der Waals surface area contributed by atoms with Gasteiger partial charge in [-0.1, -0.05) is 20.8 Å². The van der Waals surface area contributed by atoms with Crippen molar-refractivity contribution in [2.45, 2.75) is 26.2 Å². The van der Waals surface area contributed by atoms with Crippen molar-refractivity contribution >= 4 is 0 Å². The Morgan fingerprint density at radius 1 is 1.42 bits per heavy atom. The van der Waals surface area contributed by atoms with Crippen LogP contribution in [0.1, 0.15) is 32.0 Å². The topological polar surface area (TPSA) is 49.6 Å². The largest absolute Gasteiger partial charge is 0.192 e. The summed E-state index contributed by atoms with van der Waals surface area (Å²) in [5, 5.41) is 16.5. The van der Waals surface area contributed by atoms with E-state index in [9.17, 15) is 0 Å². The Morgan fingerprint density at radius 2 is 2.08 bits per heavy atom. The minimum atomic E-state index is -0.112. The molecule has 3 heteroatoms. The number of rotatable bonds is 0. The van der Waals surface area contributed by atoms with E-state index in [1.807, 2.05) is 20.8 Å². The lowest BCUT2D eigenvalue weighted by molar-refractivity contribution is 0.556. The summed E-state index contributed by atoms with van der Waals surface area (Å²) in [6, 6.07) is 3.79. The number of aromatic nitrogens is 2. The minimum absolute atomic E-state index is 0.112. The molecule has 1 heterocycles. The molecule has 0 fully saturated rings. The number of nitrogens with zero attached hydrogens (tertiary/aromatic N) is 3. The SMILES string of the molecule is CC(C)(C)c1nnccc1C#N. The first-order chi connectivity index (χ1) is 5.55. The van der Waals surface area contributed by atoms with Gasteiger partial charge in [0.15, 0.2) is 0 Å². The molecule has 1 aromatic heterocycles. The second-order valence-electron chi connectivity index (χ2n) is 3.66. The summed E-state index contributed by atoms with van der Waals surface area (Å²) in [5.41, 5.74) is 1.25. The van der Waals surface area contributed by atoms with Gasteiger partial charge in [0.1, 0.15) is 6.07 Å². The van der Waals surface area contributed by atoms with Gasteiger partial charge in [0.2, 0.25) is 0 Å². The van der Waals surface area contributed by atoms with E-state index in [-0.39, 0.29) is 5.41 Å². The molecule has 0 atom stereocenters. The fraction of sp³-hybridized carbons (Fsp3) is 0.444. The van der Waals surface area contributed by atoms with E-state index in [4.69, 9.17) is 5.26 Å². The maximum Gasteiger partial charge on any atom is 0.101 e. The van der Waals surface area contributed by atoms with Gasteiger partial charge in [-0.05, 0) is 6.07 Å². The Balaban J connectivity index is 3.26. The summed E-state index contributed by atoms with van der Waals surface area (Å²) >= 11 is 0. The van der Waals surface area contributed by atoms with Crippen LogP contribution in [-0.4, -0.2) is 10.2 Å². The highest BCUT2D eigenvalue weighted by Gasteiger charge is 2.19. The molecule has 0 radical (unpaired) electrons. The van der Waals surface area contributed by atoms with Crippen LogP contribution in [0.2, 0.25) is 0 Å². The Morgan fingerprint density at radius 3 is 2.50 bits per heavy atom. The van der Waals surface area contributed by atoms with Crippen LogP contribution in [0.5, 0.6) is 0 Å². The standard InChI is InChI=1S/C9H11N3/c1-9(2,3)8-7(6-10)4-5-11-12-8/h4-5H,1-3H3. The van der Waals surface area contributed by atoms with Crippen LogP contribution in [0.25, 0.3) is 0 Å². The summed E-state index contributed by atoms with van der Waals surface area (Å²) in [7, 11) is 0. The smallest absolute Gasteiger partial charge is 0.101 e. The van der Waals surface area contributed by atoms with E-state index in [0.29, 0.717) is 5.56 Å². The van der Waals surface area contributed by atoms with Crippen molar-refractivity contribution in [1.82, 2.24) is 10.2 Å². The highest BCUT2D eigenvalue weighted by atomic mass is 15.1. The normalized spacial score (nSPS) is 10.8. The van der Waals surface area contributed by atoms with E-state index >= 15 is 0 Å².